The van der Waals surface area contributed by atoms with E-state index in [9.17, 15) is 9.59 Å². The van der Waals surface area contributed by atoms with E-state index in [4.69, 9.17) is 14.2 Å². The molecule has 0 aliphatic carbocycles. The Labute approximate surface area is 117 Å². The van der Waals surface area contributed by atoms with Crippen molar-refractivity contribution in [1.29, 1.82) is 0 Å². The summed E-state index contributed by atoms with van der Waals surface area (Å²) >= 11 is 0. The molecular formula is C14H17NO5. The topological polar surface area (TPSA) is 65.1 Å². The molecule has 1 aromatic carbocycles. The Hall–Kier alpha value is -2.24. The summed E-state index contributed by atoms with van der Waals surface area (Å²) in [5.41, 5.74) is 0.721. The molecule has 20 heavy (non-hydrogen) atoms. The maximum Gasteiger partial charge on any atom is 0.230 e. The van der Waals surface area contributed by atoms with Gasteiger partial charge in [0.15, 0.2) is 5.78 Å². The largest absolute Gasteiger partial charge is 0.496 e. The highest BCUT2D eigenvalue weighted by Gasteiger charge is 2.29. The average molecular weight is 279 g/mol. The number of ketones is 1. The number of Topliss-reactive ketones (excluding diaryl/α,β-unsaturated/α-hetero) is 1. The maximum atomic E-state index is 11.7. The minimum absolute atomic E-state index is 0.0270. The van der Waals surface area contributed by atoms with Crippen molar-refractivity contribution in [3.63, 3.8) is 0 Å². The lowest BCUT2D eigenvalue weighted by molar-refractivity contribution is -0.128. The Kier molecular flexibility index (Phi) is 4.12. The number of benzene rings is 1. The van der Waals surface area contributed by atoms with Gasteiger partial charge < -0.3 is 19.1 Å². The Balaban J connectivity index is 2.34. The lowest BCUT2D eigenvalue weighted by Crippen LogP contribution is -2.25. The van der Waals surface area contributed by atoms with Crippen molar-refractivity contribution in [2.45, 2.75) is 13.0 Å². The van der Waals surface area contributed by atoms with Gasteiger partial charge in [0.05, 0.1) is 46.4 Å². The fraction of sp³-hybridized carbons (Fsp3) is 0.429. The number of rotatable bonds is 5. The first-order valence-electron chi connectivity index (χ1n) is 6.17. The second-order valence-electron chi connectivity index (χ2n) is 4.48. The van der Waals surface area contributed by atoms with Gasteiger partial charge in [-0.1, -0.05) is 0 Å². The molecule has 1 aliphatic heterocycles. The standard InChI is InChI=1S/C14H17NO5/c1-18-10-5-12(19-2)11(13(6-10)20-3)8-15-7-9(16)4-14(15)17/h5-6H,4,7-8H2,1-3H3. The summed E-state index contributed by atoms with van der Waals surface area (Å²) in [5.74, 6) is 1.49. The third kappa shape index (κ3) is 2.68. The van der Waals surface area contributed by atoms with E-state index in [1.807, 2.05) is 0 Å². The molecule has 0 atom stereocenters. The zero-order valence-corrected chi connectivity index (χ0v) is 11.8. The van der Waals surface area contributed by atoms with Gasteiger partial charge in [-0.15, -0.1) is 0 Å². The van der Waals surface area contributed by atoms with E-state index in [0.29, 0.717) is 17.2 Å². The number of likely N-dealkylation sites (tertiary alicyclic amines) is 1. The van der Waals surface area contributed by atoms with Crippen LogP contribution in [0.15, 0.2) is 12.1 Å². The SMILES string of the molecule is COc1cc(OC)c(CN2CC(=O)CC2=O)c(OC)c1. The third-order valence-electron chi connectivity index (χ3n) is 3.23. The predicted molar refractivity (Wildman–Crippen MR) is 71.1 cm³/mol. The Morgan fingerprint density at radius 2 is 1.65 bits per heavy atom. The van der Waals surface area contributed by atoms with Crippen LogP contribution in [0.4, 0.5) is 0 Å². The monoisotopic (exact) mass is 279 g/mol. The van der Waals surface area contributed by atoms with Crippen LogP contribution in [0.25, 0.3) is 0 Å². The molecule has 108 valence electrons. The van der Waals surface area contributed by atoms with Crippen LogP contribution in [0.3, 0.4) is 0 Å². The number of hydrogen-bond donors (Lipinski definition) is 0. The molecule has 0 saturated carbocycles. The lowest BCUT2D eigenvalue weighted by atomic mass is 10.1. The molecule has 1 fully saturated rings. The van der Waals surface area contributed by atoms with E-state index in [-0.39, 0.29) is 31.2 Å². The van der Waals surface area contributed by atoms with Crippen LogP contribution in [0.5, 0.6) is 17.2 Å². The van der Waals surface area contributed by atoms with Crippen LogP contribution in [0.2, 0.25) is 0 Å². The molecular weight excluding hydrogens is 262 g/mol. The number of hydrogen-bond acceptors (Lipinski definition) is 5. The molecule has 1 saturated heterocycles. The molecule has 0 unspecified atom stereocenters. The van der Waals surface area contributed by atoms with Gasteiger partial charge in [-0.25, -0.2) is 0 Å². The molecule has 0 aromatic heterocycles. The van der Waals surface area contributed by atoms with Crippen molar-refractivity contribution >= 4 is 11.7 Å². The number of carbonyl (C=O) groups is 2. The van der Waals surface area contributed by atoms with Gasteiger partial charge in [0.25, 0.3) is 0 Å². The summed E-state index contributed by atoms with van der Waals surface area (Å²) in [4.78, 5) is 24.5. The van der Waals surface area contributed by atoms with Gasteiger partial charge in [-0.2, -0.15) is 0 Å². The second-order valence-corrected chi connectivity index (χ2v) is 4.48. The first kappa shape index (κ1) is 14.2. The zero-order chi connectivity index (χ0) is 14.7. The van der Waals surface area contributed by atoms with E-state index in [2.05, 4.69) is 0 Å². The van der Waals surface area contributed by atoms with Gasteiger partial charge in [0.1, 0.15) is 17.2 Å². The first-order chi connectivity index (χ1) is 9.58. The van der Waals surface area contributed by atoms with Crippen LogP contribution >= 0.6 is 0 Å². The summed E-state index contributed by atoms with van der Waals surface area (Å²) in [5, 5.41) is 0. The first-order valence-corrected chi connectivity index (χ1v) is 6.17. The van der Waals surface area contributed by atoms with Crippen molar-refractivity contribution in [3.8, 4) is 17.2 Å². The molecule has 1 aliphatic rings. The molecule has 0 N–H and O–H groups in total. The normalized spacial score (nSPS) is 14.7. The van der Waals surface area contributed by atoms with Crippen molar-refractivity contribution in [2.24, 2.45) is 0 Å². The van der Waals surface area contributed by atoms with Gasteiger partial charge in [-0.3, -0.25) is 9.59 Å². The van der Waals surface area contributed by atoms with Crippen LogP contribution in [-0.2, 0) is 16.1 Å². The summed E-state index contributed by atoms with van der Waals surface area (Å²) in [6, 6.07) is 3.44. The van der Waals surface area contributed by atoms with E-state index in [0.717, 1.165) is 5.56 Å². The minimum atomic E-state index is -0.171. The number of ether oxygens (including phenoxy) is 3. The highest BCUT2D eigenvalue weighted by Crippen LogP contribution is 2.35. The van der Waals surface area contributed by atoms with E-state index in [1.165, 1.54) is 19.1 Å². The molecule has 0 spiro atoms. The van der Waals surface area contributed by atoms with Crippen LogP contribution in [0, 0.1) is 0 Å². The fourth-order valence-corrected chi connectivity index (χ4v) is 2.21. The Morgan fingerprint density at radius 1 is 1.05 bits per heavy atom. The molecule has 6 nitrogen and oxygen atoms in total. The lowest BCUT2D eigenvalue weighted by Gasteiger charge is -2.20. The highest BCUT2D eigenvalue weighted by atomic mass is 16.5. The van der Waals surface area contributed by atoms with Gasteiger partial charge in [-0.05, 0) is 0 Å². The van der Waals surface area contributed by atoms with E-state index < -0.39 is 0 Å². The second kappa shape index (κ2) is 5.81. The molecule has 0 radical (unpaired) electrons. The third-order valence-corrected chi connectivity index (χ3v) is 3.23. The van der Waals surface area contributed by atoms with Crippen molar-refractivity contribution in [2.75, 3.05) is 27.9 Å². The number of nitrogens with zero attached hydrogens (tertiary/aromatic N) is 1. The summed E-state index contributed by atoms with van der Waals surface area (Å²) in [7, 11) is 4.62. The molecule has 1 aromatic rings. The smallest absolute Gasteiger partial charge is 0.230 e. The molecule has 6 heteroatoms. The average Bonchev–Trinajstić information content (AvgIpc) is 2.76. The fourth-order valence-electron chi connectivity index (χ4n) is 2.21. The Morgan fingerprint density at radius 3 is 2.05 bits per heavy atom. The number of methoxy groups -OCH3 is 3. The van der Waals surface area contributed by atoms with Gasteiger partial charge in [0.2, 0.25) is 5.91 Å². The van der Waals surface area contributed by atoms with Crippen molar-refractivity contribution in [1.82, 2.24) is 4.90 Å². The van der Waals surface area contributed by atoms with Crippen LogP contribution < -0.4 is 14.2 Å². The molecule has 1 amide bonds. The van der Waals surface area contributed by atoms with Crippen molar-refractivity contribution < 1.29 is 23.8 Å². The van der Waals surface area contributed by atoms with E-state index in [1.54, 1.807) is 19.2 Å². The molecule has 0 bridgehead atoms. The van der Waals surface area contributed by atoms with E-state index >= 15 is 0 Å². The summed E-state index contributed by atoms with van der Waals surface area (Å²) in [6.07, 6.45) is -0.0270. The zero-order valence-electron chi connectivity index (χ0n) is 11.8. The van der Waals surface area contributed by atoms with Gasteiger partial charge in [0, 0.05) is 12.1 Å². The maximum absolute atomic E-state index is 11.7. The predicted octanol–water partition coefficient (Wildman–Crippen LogP) is 1.01. The van der Waals surface area contributed by atoms with Gasteiger partial charge >= 0.3 is 0 Å². The highest BCUT2D eigenvalue weighted by molar-refractivity contribution is 6.05. The van der Waals surface area contributed by atoms with Crippen LogP contribution in [-0.4, -0.2) is 44.5 Å². The number of amides is 1. The summed E-state index contributed by atoms with van der Waals surface area (Å²) < 4.78 is 15.8. The molecule has 1 heterocycles. The quantitative estimate of drug-likeness (QED) is 0.753. The minimum Gasteiger partial charge on any atom is -0.496 e. The van der Waals surface area contributed by atoms with Crippen LogP contribution in [0.1, 0.15) is 12.0 Å². The van der Waals surface area contributed by atoms with Crippen molar-refractivity contribution in [3.05, 3.63) is 17.7 Å². The Bertz CT molecular complexity index is 515. The summed E-state index contributed by atoms with van der Waals surface area (Å²) in [6.45, 7) is 0.415. The molecule has 2 rings (SSSR count). The number of carbonyl (C=O) groups excluding carboxylic acids is 2.